The highest BCUT2D eigenvalue weighted by molar-refractivity contribution is 7.90. The van der Waals surface area contributed by atoms with Gasteiger partial charge >= 0.3 is 0 Å². The average Bonchev–Trinajstić information content (AvgIpc) is 2.92. The van der Waals surface area contributed by atoms with Gasteiger partial charge in [0.15, 0.2) is 11.5 Å². The minimum Gasteiger partial charge on any atom is -0.493 e. The Morgan fingerprint density at radius 3 is 2.57 bits per heavy atom. The fourth-order valence-electron chi connectivity index (χ4n) is 2.81. The van der Waals surface area contributed by atoms with Crippen LogP contribution in [0.4, 0.5) is 0 Å². The molecule has 2 rings (SSSR count). The summed E-state index contributed by atoms with van der Waals surface area (Å²) in [5.41, 5.74) is 1.15. The maximum atomic E-state index is 11.4. The summed E-state index contributed by atoms with van der Waals surface area (Å²) in [5, 5.41) is 0. The largest absolute Gasteiger partial charge is 0.493 e. The first kappa shape index (κ1) is 16.1. The highest BCUT2D eigenvalue weighted by atomic mass is 32.2. The van der Waals surface area contributed by atoms with Crippen molar-refractivity contribution in [2.24, 2.45) is 0 Å². The van der Waals surface area contributed by atoms with E-state index >= 15 is 0 Å². The van der Waals surface area contributed by atoms with Crippen molar-refractivity contribution in [2.45, 2.75) is 18.9 Å². The van der Waals surface area contributed by atoms with Gasteiger partial charge < -0.3 is 9.47 Å². The Morgan fingerprint density at radius 2 is 1.95 bits per heavy atom. The Kier molecular flexibility index (Phi) is 5.11. The molecule has 0 aliphatic carbocycles. The van der Waals surface area contributed by atoms with Gasteiger partial charge in [0.05, 0.1) is 20.0 Å². The van der Waals surface area contributed by atoms with E-state index in [0.717, 1.165) is 24.9 Å². The third-order valence-corrected chi connectivity index (χ3v) is 4.83. The number of likely N-dealkylation sites (tertiary alicyclic amines) is 1. The van der Waals surface area contributed by atoms with Crippen LogP contribution in [0.2, 0.25) is 0 Å². The molecule has 1 heterocycles. The van der Waals surface area contributed by atoms with Gasteiger partial charge in [-0.25, -0.2) is 8.42 Å². The monoisotopic (exact) mass is 313 g/mol. The molecule has 1 aliphatic heterocycles. The lowest BCUT2D eigenvalue weighted by Gasteiger charge is -2.25. The fraction of sp³-hybridized carbons (Fsp3) is 0.600. The summed E-state index contributed by atoms with van der Waals surface area (Å²) in [6, 6.07) is 6.18. The van der Waals surface area contributed by atoms with E-state index in [1.165, 1.54) is 6.26 Å². The Balaban J connectivity index is 2.16. The van der Waals surface area contributed by atoms with Crippen LogP contribution in [0.15, 0.2) is 18.2 Å². The first-order valence-electron chi connectivity index (χ1n) is 7.08. The number of sulfone groups is 1. The van der Waals surface area contributed by atoms with Gasteiger partial charge in [-0.15, -0.1) is 0 Å². The van der Waals surface area contributed by atoms with Crippen molar-refractivity contribution in [3.8, 4) is 11.5 Å². The molecule has 0 unspecified atom stereocenters. The summed E-state index contributed by atoms with van der Waals surface area (Å²) in [6.45, 7) is 1.52. The zero-order chi connectivity index (χ0) is 15.5. The van der Waals surface area contributed by atoms with E-state index in [1.807, 2.05) is 18.2 Å². The SMILES string of the molecule is COc1ccc([C@@H]2CCCN2CCS(C)(=O)=O)cc1OC. The predicted octanol–water partition coefficient (Wildman–Crippen LogP) is 1.89. The summed E-state index contributed by atoms with van der Waals surface area (Å²) in [4.78, 5) is 2.24. The van der Waals surface area contributed by atoms with Gasteiger partial charge in [-0.05, 0) is 37.1 Å². The molecule has 0 amide bonds. The maximum absolute atomic E-state index is 11.4. The quantitative estimate of drug-likeness (QED) is 0.803. The lowest BCUT2D eigenvalue weighted by Crippen LogP contribution is -2.28. The predicted molar refractivity (Wildman–Crippen MR) is 82.8 cm³/mol. The molecule has 0 radical (unpaired) electrons. The van der Waals surface area contributed by atoms with Crippen LogP contribution in [0.1, 0.15) is 24.4 Å². The van der Waals surface area contributed by atoms with Crippen LogP contribution in [0, 0.1) is 0 Å². The van der Waals surface area contributed by atoms with Gasteiger partial charge in [0, 0.05) is 18.8 Å². The van der Waals surface area contributed by atoms with Gasteiger partial charge in [-0.1, -0.05) is 6.07 Å². The lowest BCUT2D eigenvalue weighted by atomic mass is 10.0. The summed E-state index contributed by atoms with van der Waals surface area (Å²) in [6.07, 6.45) is 3.41. The Labute approximate surface area is 126 Å². The second-order valence-electron chi connectivity index (χ2n) is 5.44. The van der Waals surface area contributed by atoms with Gasteiger partial charge in [0.2, 0.25) is 0 Å². The van der Waals surface area contributed by atoms with Crippen LogP contribution >= 0.6 is 0 Å². The Hall–Kier alpha value is -1.27. The van der Waals surface area contributed by atoms with E-state index < -0.39 is 9.84 Å². The van der Waals surface area contributed by atoms with Crippen molar-refractivity contribution < 1.29 is 17.9 Å². The van der Waals surface area contributed by atoms with Gasteiger partial charge in [0.1, 0.15) is 9.84 Å². The zero-order valence-corrected chi connectivity index (χ0v) is 13.6. The smallest absolute Gasteiger partial charge is 0.161 e. The topological polar surface area (TPSA) is 55.8 Å². The summed E-state index contributed by atoms with van der Waals surface area (Å²) >= 11 is 0. The van der Waals surface area contributed by atoms with Crippen LogP contribution in [0.3, 0.4) is 0 Å². The van der Waals surface area contributed by atoms with Crippen LogP contribution < -0.4 is 9.47 Å². The van der Waals surface area contributed by atoms with E-state index in [2.05, 4.69) is 4.90 Å². The molecule has 1 aromatic rings. The summed E-state index contributed by atoms with van der Waals surface area (Å²) in [7, 11) is 0.312. The molecule has 6 heteroatoms. The van der Waals surface area contributed by atoms with E-state index in [4.69, 9.17) is 9.47 Å². The van der Waals surface area contributed by atoms with Crippen LogP contribution in [-0.4, -0.2) is 52.6 Å². The third kappa shape index (κ3) is 4.11. The highest BCUT2D eigenvalue weighted by Gasteiger charge is 2.27. The lowest BCUT2D eigenvalue weighted by molar-refractivity contribution is 0.271. The minimum atomic E-state index is -2.93. The molecule has 0 spiro atoms. The van der Waals surface area contributed by atoms with Crippen molar-refractivity contribution in [3.63, 3.8) is 0 Å². The highest BCUT2D eigenvalue weighted by Crippen LogP contribution is 2.36. The number of hydrogen-bond donors (Lipinski definition) is 0. The first-order valence-corrected chi connectivity index (χ1v) is 9.14. The van der Waals surface area contributed by atoms with Gasteiger partial charge in [-0.3, -0.25) is 4.90 Å². The zero-order valence-electron chi connectivity index (χ0n) is 12.8. The van der Waals surface area contributed by atoms with Crippen LogP contribution in [0.5, 0.6) is 11.5 Å². The Bertz CT molecular complexity index is 585. The maximum Gasteiger partial charge on any atom is 0.161 e. The molecule has 1 atom stereocenters. The van der Waals surface area contributed by atoms with Crippen molar-refractivity contribution in [2.75, 3.05) is 39.3 Å². The van der Waals surface area contributed by atoms with Crippen molar-refractivity contribution in [3.05, 3.63) is 23.8 Å². The summed E-state index contributed by atoms with van der Waals surface area (Å²) in [5.74, 6) is 1.63. The molecular formula is C15H23NO4S. The number of nitrogens with zero attached hydrogens (tertiary/aromatic N) is 1. The molecule has 0 bridgehead atoms. The first-order chi connectivity index (χ1) is 9.94. The molecule has 1 aromatic carbocycles. The van der Waals surface area contributed by atoms with Crippen molar-refractivity contribution in [1.82, 2.24) is 4.90 Å². The molecule has 0 N–H and O–H groups in total. The molecule has 5 nitrogen and oxygen atoms in total. The number of hydrogen-bond acceptors (Lipinski definition) is 5. The molecular weight excluding hydrogens is 290 g/mol. The standard InChI is InChI=1S/C15H23NO4S/c1-19-14-7-6-12(11-15(14)20-2)13-5-4-8-16(13)9-10-21(3,17)18/h6-7,11,13H,4-5,8-10H2,1-3H3/t13-/m0/s1. The molecule has 118 valence electrons. The molecule has 1 fully saturated rings. The Morgan fingerprint density at radius 1 is 1.24 bits per heavy atom. The van der Waals surface area contributed by atoms with Crippen LogP contribution in [-0.2, 0) is 9.84 Å². The van der Waals surface area contributed by atoms with E-state index in [0.29, 0.717) is 18.0 Å². The van der Waals surface area contributed by atoms with E-state index in [1.54, 1.807) is 14.2 Å². The van der Waals surface area contributed by atoms with Crippen molar-refractivity contribution >= 4 is 9.84 Å². The molecule has 1 saturated heterocycles. The number of benzene rings is 1. The second-order valence-corrected chi connectivity index (χ2v) is 7.70. The average molecular weight is 313 g/mol. The van der Waals surface area contributed by atoms with Gasteiger partial charge in [-0.2, -0.15) is 0 Å². The van der Waals surface area contributed by atoms with Crippen molar-refractivity contribution in [1.29, 1.82) is 0 Å². The minimum absolute atomic E-state index is 0.205. The van der Waals surface area contributed by atoms with Crippen LogP contribution in [0.25, 0.3) is 0 Å². The van der Waals surface area contributed by atoms with Gasteiger partial charge in [0.25, 0.3) is 0 Å². The van der Waals surface area contributed by atoms with E-state index in [-0.39, 0.29) is 11.8 Å². The molecule has 21 heavy (non-hydrogen) atoms. The number of rotatable bonds is 6. The van der Waals surface area contributed by atoms with E-state index in [9.17, 15) is 8.42 Å². The summed E-state index contributed by atoms with van der Waals surface area (Å²) < 4.78 is 33.3. The number of ether oxygens (including phenoxy) is 2. The molecule has 1 aliphatic rings. The number of methoxy groups -OCH3 is 2. The molecule has 0 saturated carbocycles. The molecule has 0 aromatic heterocycles. The third-order valence-electron chi connectivity index (χ3n) is 3.91. The normalized spacial score (nSPS) is 19.7. The second kappa shape index (κ2) is 6.66. The fourth-order valence-corrected chi connectivity index (χ4v) is 3.38.